The molecule has 2 rings (SSSR count). The van der Waals surface area contributed by atoms with Gasteiger partial charge >= 0.3 is 6.09 Å². The van der Waals surface area contributed by atoms with Crippen LogP contribution in [0.1, 0.15) is 5.56 Å². The molecule has 98 valence electrons. The molecule has 1 aromatic carbocycles. The third-order valence-electron chi connectivity index (χ3n) is 2.85. The van der Waals surface area contributed by atoms with Crippen LogP contribution < -0.4 is 0 Å². The van der Waals surface area contributed by atoms with E-state index < -0.39 is 15.8 Å². The first-order chi connectivity index (χ1) is 8.57. The summed E-state index contributed by atoms with van der Waals surface area (Å²) in [6, 6.07) is 9.46. The summed E-state index contributed by atoms with van der Waals surface area (Å²) in [5, 5.41) is 0. The number of rotatable bonds is 2. The van der Waals surface area contributed by atoms with Crippen LogP contribution >= 0.6 is 0 Å². The lowest BCUT2D eigenvalue weighted by molar-refractivity contribution is 0.0994. The van der Waals surface area contributed by atoms with E-state index in [2.05, 4.69) is 0 Å². The van der Waals surface area contributed by atoms with Crippen molar-refractivity contribution >= 4 is 15.8 Å². The number of hydrogen-bond acceptors (Lipinski definition) is 4. The van der Waals surface area contributed by atoms with Crippen molar-refractivity contribution < 1.29 is 13.7 Å². The Morgan fingerprint density at radius 3 is 2.50 bits per heavy atom. The van der Waals surface area contributed by atoms with Crippen molar-refractivity contribution in [3.8, 4) is 0 Å². The highest BCUT2D eigenvalue weighted by atomic mass is 32.2. The number of ether oxygens (including phenoxy) is 1. The van der Waals surface area contributed by atoms with Crippen molar-refractivity contribution in [2.24, 2.45) is 0 Å². The topological polar surface area (TPSA) is 70.5 Å². The fourth-order valence-electron chi connectivity index (χ4n) is 1.72. The number of amides is 1. The van der Waals surface area contributed by atoms with E-state index in [9.17, 15) is 9.00 Å². The molecule has 1 aliphatic heterocycles. The minimum absolute atomic E-state index is 0.242. The third-order valence-corrected chi connectivity index (χ3v) is 4.53. The van der Waals surface area contributed by atoms with Gasteiger partial charge in [-0.05, 0) is 5.56 Å². The lowest BCUT2D eigenvalue weighted by Gasteiger charge is -2.27. The maximum Gasteiger partial charge on any atom is 0.410 e. The molecule has 1 saturated heterocycles. The molecule has 5 nitrogen and oxygen atoms in total. The van der Waals surface area contributed by atoms with Crippen LogP contribution in [0.3, 0.4) is 0 Å². The molecule has 0 spiro atoms. The van der Waals surface area contributed by atoms with Crippen LogP contribution in [0.25, 0.3) is 0 Å². The fraction of sp³-hybridized carbons (Fsp3) is 0.417. The summed E-state index contributed by atoms with van der Waals surface area (Å²) in [6.07, 6.45) is -0.395. The summed E-state index contributed by atoms with van der Waals surface area (Å²) in [5.41, 5.74) is 0.937. The first-order valence-corrected chi connectivity index (χ1v) is 7.66. The van der Waals surface area contributed by atoms with Gasteiger partial charge in [-0.2, -0.15) is 0 Å². The molecule has 1 N–H and O–H groups in total. The van der Waals surface area contributed by atoms with Gasteiger partial charge in [0.25, 0.3) is 0 Å². The molecular formula is C12H16N2O3S. The van der Waals surface area contributed by atoms with E-state index in [0.29, 0.717) is 13.1 Å². The molecule has 1 fully saturated rings. The maximum absolute atomic E-state index is 11.7. The van der Waals surface area contributed by atoms with Crippen molar-refractivity contribution in [1.82, 2.24) is 4.90 Å². The van der Waals surface area contributed by atoms with E-state index in [1.165, 1.54) is 4.90 Å². The summed E-state index contributed by atoms with van der Waals surface area (Å²) in [7, 11) is -2.47. The van der Waals surface area contributed by atoms with E-state index in [1.54, 1.807) is 0 Å². The van der Waals surface area contributed by atoms with Crippen molar-refractivity contribution in [3.63, 3.8) is 0 Å². The minimum atomic E-state index is -2.47. The SMILES string of the molecule is N=S1(=O)CCN(C(=O)OCc2ccccc2)CC1. The molecule has 0 bridgehead atoms. The molecule has 0 aromatic heterocycles. The third kappa shape index (κ3) is 3.46. The number of hydrogen-bond donors (Lipinski definition) is 1. The van der Waals surface area contributed by atoms with E-state index in [1.807, 2.05) is 30.3 Å². The molecule has 6 heteroatoms. The molecule has 0 radical (unpaired) electrons. The Labute approximate surface area is 107 Å². The summed E-state index contributed by atoms with van der Waals surface area (Å²) in [4.78, 5) is 13.2. The average molecular weight is 268 g/mol. The molecular weight excluding hydrogens is 252 g/mol. The highest BCUT2D eigenvalue weighted by Gasteiger charge is 2.23. The number of nitrogens with zero attached hydrogens (tertiary/aromatic N) is 1. The molecule has 0 unspecified atom stereocenters. The second kappa shape index (κ2) is 5.39. The summed E-state index contributed by atoms with van der Waals surface area (Å²) < 4.78 is 24.1. The Hall–Kier alpha value is -1.56. The van der Waals surface area contributed by atoms with Gasteiger partial charge in [-0.1, -0.05) is 30.3 Å². The quantitative estimate of drug-likeness (QED) is 0.887. The zero-order valence-electron chi connectivity index (χ0n) is 10.0. The number of carbonyl (C=O) groups is 1. The Bertz CT molecular complexity index is 499. The number of benzene rings is 1. The molecule has 0 aliphatic carbocycles. The van der Waals surface area contributed by atoms with Crippen molar-refractivity contribution in [1.29, 1.82) is 4.78 Å². The van der Waals surface area contributed by atoms with Gasteiger partial charge in [0.15, 0.2) is 0 Å². The van der Waals surface area contributed by atoms with Gasteiger partial charge in [0.2, 0.25) is 0 Å². The van der Waals surface area contributed by atoms with Gasteiger partial charge in [-0.25, -0.2) is 9.00 Å². The van der Waals surface area contributed by atoms with E-state index in [4.69, 9.17) is 9.52 Å². The summed E-state index contributed by atoms with van der Waals surface area (Å²) in [5.74, 6) is 0.487. The smallest absolute Gasteiger partial charge is 0.410 e. The molecule has 18 heavy (non-hydrogen) atoms. The minimum Gasteiger partial charge on any atom is -0.445 e. The second-order valence-electron chi connectivity index (χ2n) is 4.25. The lowest BCUT2D eigenvalue weighted by atomic mass is 10.2. The zero-order chi connectivity index (χ0) is 13.0. The summed E-state index contributed by atoms with van der Waals surface area (Å²) >= 11 is 0. The maximum atomic E-state index is 11.7. The van der Waals surface area contributed by atoms with Gasteiger partial charge in [-0.15, -0.1) is 0 Å². The Kier molecular flexibility index (Phi) is 3.86. The summed E-state index contributed by atoms with van der Waals surface area (Å²) in [6.45, 7) is 0.929. The number of carbonyl (C=O) groups excluding carboxylic acids is 1. The first-order valence-electron chi connectivity index (χ1n) is 5.77. The Morgan fingerprint density at radius 2 is 1.89 bits per heavy atom. The van der Waals surface area contributed by atoms with Crippen molar-refractivity contribution in [2.75, 3.05) is 24.6 Å². The molecule has 1 heterocycles. The van der Waals surface area contributed by atoms with Crippen molar-refractivity contribution in [2.45, 2.75) is 6.61 Å². The molecule has 0 saturated carbocycles. The first kappa shape index (κ1) is 12.9. The van der Waals surface area contributed by atoms with Crippen LogP contribution in [-0.2, 0) is 21.1 Å². The highest BCUT2D eigenvalue weighted by molar-refractivity contribution is 7.92. The van der Waals surface area contributed by atoms with E-state index in [0.717, 1.165) is 5.56 Å². The number of nitrogens with one attached hydrogen (secondary N) is 1. The largest absolute Gasteiger partial charge is 0.445 e. The Balaban J connectivity index is 1.83. The highest BCUT2D eigenvalue weighted by Crippen LogP contribution is 2.08. The van der Waals surface area contributed by atoms with Gasteiger partial charge in [0.1, 0.15) is 6.61 Å². The lowest BCUT2D eigenvalue weighted by Crippen LogP contribution is -2.43. The fourth-order valence-corrected chi connectivity index (χ4v) is 2.96. The van der Waals surface area contributed by atoms with Crippen LogP contribution in [0.15, 0.2) is 30.3 Å². The normalized spacial score (nSPS) is 18.3. The standard InChI is InChI=1S/C12H16N2O3S/c13-18(16)8-6-14(7-9-18)12(15)17-10-11-4-2-1-3-5-11/h1-5,13H,6-10H2. The van der Waals surface area contributed by atoms with E-state index in [-0.39, 0.29) is 18.1 Å². The average Bonchev–Trinajstić information content (AvgIpc) is 2.37. The predicted molar refractivity (Wildman–Crippen MR) is 68.8 cm³/mol. The monoisotopic (exact) mass is 268 g/mol. The van der Waals surface area contributed by atoms with Gasteiger partial charge in [0, 0.05) is 34.3 Å². The molecule has 1 amide bonds. The van der Waals surface area contributed by atoms with Crippen LogP contribution in [0.2, 0.25) is 0 Å². The van der Waals surface area contributed by atoms with Crippen LogP contribution in [0.4, 0.5) is 4.79 Å². The van der Waals surface area contributed by atoms with Gasteiger partial charge in [-0.3, -0.25) is 4.78 Å². The predicted octanol–water partition coefficient (Wildman–Crippen LogP) is 1.69. The molecule has 0 atom stereocenters. The van der Waals surface area contributed by atoms with E-state index >= 15 is 0 Å². The zero-order valence-corrected chi connectivity index (χ0v) is 10.8. The molecule has 1 aromatic rings. The van der Waals surface area contributed by atoms with Crippen LogP contribution in [0, 0.1) is 4.78 Å². The second-order valence-corrected chi connectivity index (χ2v) is 6.69. The Morgan fingerprint density at radius 1 is 1.28 bits per heavy atom. The molecule has 1 aliphatic rings. The van der Waals surface area contributed by atoms with Crippen LogP contribution in [0.5, 0.6) is 0 Å². The van der Waals surface area contributed by atoms with Gasteiger partial charge < -0.3 is 9.64 Å². The van der Waals surface area contributed by atoms with Crippen LogP contribution in [-0.4, -0.2) is 39.8 Å². The van der Waals surface area contributed by atoms with Crippen molar-refractivity contribution in [3.05, 3.63) is 35.9 Å². The van der Waals surface area contributed by atoms with Gasteiger partial charge in [0.05, 0.1) is 0 Å².